The predicted molar refractivity (Wildman–Crippen MR) is 87.7 cm³/mol. The Hall–Kier alpha value is -3.42. The first kappa shape index (κ1) is 16.9. The third kappa shape index (κ3) is 4.07. The van der Waals surface area contributed by atoms with Crippen LogP contribution in [0.2, 0.25) is 0 Å². The molecule has 2 rings (SSSR count). The Morgan fingerprint density at radius 3 is 2.67 bits per heavy atom. The van der Waals surface area contributed by atoms with Gasteiger partial charge in [0.2, 0.25) is 0 Å². The molecule has 2 aromatic carbocycles. The molecule has 2 aromatic rings. The van der Waals surface area contributed by atoms with E-state index in [1.165, 1.54) is 44.7 Å². The molecule has 0 atom stereocenters. The second-order valence-electron chi connectivity index (χ2n) is 4.61. The van der Waals surface area contributed by atoms with Gasteiger partial charge in [-0.25, -0.2) is 5.43 Å². The highest BCUT2D eigenvalue weighted by atomic mass is 16.6. The standard InChI is InChI=1S/C16H15N3O5/c1-23-14-6-7-15(24-2)12(9-14)10-17-18-16(20)11-4-3-5-13(8-11)19(21)22/h3-10H,1-2H3,(H,18,20)/b17-10-. The Labute approximate surface area is 137 Å². The van der Waals surface area contributed by atoms with Crippen LogP contribution in [0.4, 0.5) is 5.69 Å². The first-order valence-corrected chi connectivity index (χ1v) is 6.85. The monoisotopic (exact) mass is 329 g/mol. The Bertz CT molecular complexity index is 789. The number of nitro groups is 1. The first-order valence-electron chi connectivity index (χ1n) is 6.85. The summed E-state index contributed by atoms with van der Waals surface area (Å²) in [6.07, 6.45) is 1.40. The lowest BCUT2D eigenvalue weighted by Crippen LogP contribution is -2.17. The van der Waals surface area contributed by atoms with Crippen molar-refractivity contribution in [1.82, 2.24) is 5.43 Å². The number of non-ortho nitro benzene ring substituents is 1. The molecule has 8 nitrogen and oxygen atoms in total. The number of hydrazone groups is 1. The predicted octanol–water partition coefficient (Wildman–Crippen LogP) is 2.38. The summed E-state index contributed by atoms with van der Waals surface area (Å²) >= 11 is 0. The average molecular weight is 329 g/mol. The molecule has 0 aliphatic carbocycles. The van der Waals surface area contributed by atoms with Crippen LogP contribution in [0.1, 0.15) is 15.9 Å². The van der Waals surface area contributed by atoms with Gasteiger partial charge in [-0.3, -0.25) is 14.9 Å². The van der Waals surface area contributed by atoms with Crippen LogP contribution in [0.3, 0.4) is 0 Å². The smallest absolute Gasteiger partial charge is 0.271 e. The maximum Gasteiger partial charge on any atom is 0.271 e. The van der Waals surface area contributed by atoms with Crippen LogP contribution in [0.5, 0.6) is 11.5 Å². The van der Waals surface area contributed by atoms with Gasteiger partial charge in [0.25, 0.3) is 11.6 Å². The minimum Gasteiger partial charge on any atom is -0.497 e. The molecular weight excluding hydrogens is 314 g/mol. The number of amides is 1. The lowest BCUT2D eigenvalue weighted by atomic mass is 10.2. The number of carbonyl (C=O) groups is 1. The Kier molecular flexibility index (Phi) is 5.45. The van der Waals surface area contributed by atoms with E-state index in [2.05, 4.69) is 10.5 Å². The Morgan fingerprint density at radius 2 is 2.00 bits per heavy atom. The van der Waals surface area contributed by atoms with E-state index in [4.69, 9.17) is 9.47 Å². The minimum atomic E-state index is -0.568. The van der Waals surface area contributed by atoms with Gasteiger partial charge in [0, 0.05) is 23.3 Å². The maximum absolute atomic E-state index is 12.0. The van der Waals surface area contributed by atoms with Crippen molar-refractivity contribution in [3.05, 3.63) is 63.7 Å². The molecule has 24 heavy (non-hydrogen) atoms. The zero-order valence-electron chi connectivity index (χ0n) is 13.1. The molecule has 0 saturated heterocycles. The number of benzene rings is 2. The van der Waals surface area contributed by atoms with Crippen molar-refractivity contribution in [2.45, 2.75) is 0 Å². The largest absolute Gasteiger partial charge is 0.497 e. The Morgan fingerprint density at radius 1 is 1.21 bits per heavy atom. The van der Waals surface area contributed by atoms with Gasteiger partial charge in [0.05, 0.1) is 25.4 Å². The molecule has 0 fully saturated rings. The number of hydrogen-bond acceptors (Lipinski definition) is 6. The Balaban J connectivity index is 2.12. The van der Waals surface area contributed by atoms with Gasteiger partial charge in [-0.05, 0) is 24.3 Å². The van der Waals surface area contributed by atoms with Gasteiger partial charge in [-0.1, -0.05) is 6.07 Å². The zero-order valence-corrected chi connectivity index (χ0v) is 13.1. The normalized spacial score (nSPS) is 10.4. The summed E-state index contributed by atoms with van der Waals surface area (Å²) in [7, 11) is 3.05. The summed E-state index contributed by atoms with van der Waals surface area (Å²) in [5, 5.41) is 14.6. The van der Waals surface area contributed by atoms with E-state index in [0.717, 1.165) is 0 Å². The summed E-state index contributed by atoms with van der Waals surface area (Å²) in [6.45, 7) is 0. The second-order valence-corrected chi connectivity index (χ2v) is 4.61. The fourth-order valence-corrected chi connectivity index (χ4v) is 1.93. The molecular formula is C16H15N3O5. The van der Waals surface area contributed by atoms with Gasteiger partial charge >= 0.3 is 0 Å². The van der Waals surface area contributed by atoms with Crippen molar-refractivity contribution < 1.29 is 19.2 Å². The summed E-state index contributed by atoms with van der Waals surface area (Å²) in [6, 6.07) is 10.5. The number of carbonyl (C=O) groups excluding carboxylic acids is 1. The zero-order chi connectivity index (χ0) is 17.5. The molecule has 1 N–H and O–H groups in total. The van der Waals surface area contributed by atoms with Crippen molar-refractivity contribution >= 4 is 17.8 Å². The minimum absolute atomic E-state index is 0.138. The van der Waals surface area contributed by atoms with E-state index in [9.17, 15) is 14.9 Å². The van der Waals surface area contributed by atoms with Gasteiger partial charge < -0.3 is 9.47 Å². The molecule has 0 spiro atoms. The molecule has 0 heterocycles. The number of hydrogen-bond donors (Lipinski definition) is 1. The van der Waals surface area contributed by atoms with E-state index in [1.54, 1.807) is 18.2 Å². The molecule has 0 radical (unpaired) electrons. The van der Waals surface area contributed by atoms with Gasteiger partial charge in [-0.2, -0.15) is 5.10 Å². The lowest BCUT2D eigenvalue weighted by Gasteiger charge is -2.06. The van der Waals surface area contributed by atoms with Crippen molar-refractivity contribution in [1.29, 1.82) is 0 Å². The van der Waals surface area contributed by atoms with Gasteiger partial charge in [-0.15, -0.1) is 0 Å². The first-order chi connectivity index (χ1) is 11.5. The van der Waals surface area contributed by atoms with Crippen molar-refractivity contribution in [2.75, 3.05) is 14.2 Å². The summed E-state index contributed by atoms with van der Waals surface area (Å²) in [4.78, 5) is 22.1. The van der Waals surface area contributed by atoms with E-state index in [-0.39, 0.29) is 11.3 Å². The van der Waals surface area contributed by atoms with E-state index in [1.807, 2.05) is 0 Å². The number of ether oxygens (including phenoxy) is 2. The SMILES string of the molecule is COc1ccc(OC)c(/C=N\NC(=O)c2cccc([N+](=O)[O-])c2)c1. The fraction of sp³-hybridized carbons (Fsp3) is 0.125. The van der Waals surface area contributed by atoms with E-state index >= 15 is 0 Å². The summed E-state index contributed by atoms with van der Waals surface area (Å²) in [5.41, 5.74) is 2.89. The van der Waals surface area contributed by atoms with Crippen LogP contribution in [-0.4, -0.2) is 31.3 Å². The lowest BCUT2D eigenvalue weighted by molar-refractivity contribution is -0.384. The number of nitro benzene ring substituents is 1. The molecule has 0 aliphatic heterocycles. The van der Waals surface area contributed by atoms with Crippen LogP contribution in [0.25, 0.3) is 0 Å². The van der Waals surface area contributed by atoms with Crippen molar-refractivity contribution in [3.63, 3.8) is 0 Å². The van der Waals surface area contributed by atoms with Crippen LogP contribution in [0, 0.1) is 10.1 Å². The molecule has 0 saturated carbocycles. The molecule has 0 bridgehead atoms. The van der Waals surface area contributed by atoms with E-state index in [0.29, 0.717) is 17.1 Å². The summed E-state index contributed by atoms with van der Waals surface area (Å²) < 4.78 is 10.3. The van der Waals surface area contributed by atoms with Crippen molar-refractivity contribution in [3.8, 4) is 11.5 Å². The van der Waals surface area contributed by atoms with Crippen LogP contribution < -0.4 is 14.9 Å². The highest BCUT2D eigenvalue weighted by molar-refractivity contribution is 5.95. The molecule has 0 unspecified atom stereocenters. The number of methoxy groups -OCH3 is 2. The molecule has 124 valence electrons. The second kappa shape index (κ2) is 7.73. The maximum atomic E-state index is 12.0. The number of nitrogens with one attached hydrogen (secondary N) is 1. The molecule has 1 amide bonds. The quantitative estimate of drug-likeness (QED) is 0.498. The number of nitrogens with zero attached hydrogens (tertiary/aromatic N) is 2. The molecule has 0 aromatic heterocycles. The topological polar surface area (TPSA) is 103 Å². The highest BCUT2D eigenvalue weighted by Crippen LogP contribution is 2.22. The van der Waals surface area contributed by atoms with Crippen LogP contribution in [-0.2, 0) is 0 Å². The van der Waals surface area contributed by atoms with Gasteiger partial charge in [0.1, 0.15) is 11.5 Å². The number of rotatable bonds is 6. The van der Waals surface area contributed by atoms with Crippen LogP contribution in [0.15, 0.2) is 47.6 Å². The molecule has 0 aliphatic rings. The van der Waals surface area contributed by atoms with Crippen molar-refractivity contribution in [2.24, 2.45) is 5.10 Å². The fourth-order valence-electron chi connectivity index (χ4n) is 1.93. The summed E-state index contributed by atoms with van der Waals surface area (Å²) in [5.74, 6) is 0.614. The third-order valence-corrected chi connectivity index (χ3v) is 3.13. The molecule has 8 heteroatoms. The van der Waals surface area contributed by atoms with Gasteiger partial charge in [0.15, 0.2) is 0 Å². The van der Waals surface area contributed by atoms with Crippen LogP contribution >= 0.6 is 0 Å². The average Bonchev–Trinajstić information content (AvgIpc) is 2.61. The van der Waals surface area contributed by atoms with E-state index < -0.39 is 10.8 Å². The third-order valence-electron chi connectivity index (χ3n) is 3.13. The highest BCUT2D eigenvalue weighted by Gasteiger charge is 2.10.